The second-order valence-electron chi connectivity index (χ2n) is 5.32. The van der Waals surface area contributed by atoms with Crippen LogP contribution in [0.1, 0.15) is 44.7 Å². The monoisotopic (exact) mass is 362 g/mol. The summed E-state index contributed by atoms with van der Waals surface area (Å²) in [4.78, 5) is 1.38. The maximum atomic E-state index is 10.2. The minimum Gasteiger partial charge on any atom is -0.507 e. The van der Waals surface area contributed by atoms with Crippen LogP contribution in [-0.2, 0) is 12.8 Å². The van der Waals surface area contributed by atoms with Crippen LogP contribution in [0.5, 0.6) is 5.75 Å². The third-order valence-corrected chi connectivity index (χ3v) is 5.61. The summed E-state index contributed by atoms with van der Waals surface area (Å²) in [6.45, 7) is 6.74. The molecule has 3 heteroatoms. The number of hydrogen-bond donors (Lipinski definition) is 1. The highest BCUT2D eigenvalue weighted by Gasteiger charge is 2.32. The summed E-state index contributed by atoms with van der Waals surface area (Å²) in [5.74, 6) is 0.524. The molecular weight excluding hydrogens is 343 g/mol. The van der Waals surface area contributed by atoms with E-state index >= 15 is 0 Å². The van der Waals surface area contributed by atoms with Crippen LogP contribution in [-0.4, -0.2) is 9.85 Å². The van der Waals surface area contributed by atoms with Gasteiger partial charge in [0.1, 0.15) is 5.75 Å². The summed E-state index contributed by atoms with van der Waals surface area (Å²) in [6, 6.07) is 2.21. The number of benzene rings is 1. The predicted octanol–water partition coefficient (Wildman–Crippen LogP) is 4.77. The Morgan fingerprint density at radius 2 is 2.18 bits per heavy atom. The molecule has 0 aliphatic carbocycles. The number of aryl methyl sites for hydroxylation is 1. The van der Waals surface area contributed by atoms with Crippen molar-refractivity contribution in [1.29, 1.82) is 0 Å². The Hall–Kier alpha value is 0.1000. The van der Waals surface area contributed by atoms with Crippen molar-refractivity contribution < 1.29 is 5.11 Å². The fourth-order valence-corrected chi connectivity index (χ4v) is 4.60. The lowest BCUT2D eigenvalue weighted by atomic mass is 9.99. The number of phenolic OH excluding ortho intramolecular Hbond substituents is 1. The van der Waals surface area contributed by atoms with Crippen molar-refractivity contribution in [3.05, 3.63) is 20.8 Å². The smallest absolute Gasteiger partial charge is 0.132 e. The Morgan fingerprint density at radius 1 is 1.47 bits per heavy atom. The SMILES string of the molecule is CCCCc1cc2c(c(I)c1O)CC(C)(C)S2. The first kappa shape index (κ1) is 13.5. The summed E-state index contributed by atoms with van der Waals surface area (Å²) in [6.07, 6.45) is 4.38. The number of aromatic hydroxyl groups is 1. The average Bonchev–Trinajstić information content (AvgIpc) is 2.57. The van der Waals surface area contributed by atoms with Crippen LogP contribution in [0, 0.1) is 3.57 Å². The van der Waals surface area contributed by atoms with Gasteiger partial charge in [0, 0.05) is 9.64 Å². The summed E-state index contributed by atoms with van der Waals surface area (Å²) < 4.78 is 1.35. The third kappa shape index (κ3) is 2.75. The fourth-order valence-electron chi connectivity index (χ4n) is 2.28. The third-order valence-electron chi connectivity index (χ3n) is 3.17. The van der Waals surface area contributed by atoms with Crippen molar-refractivity contribution in [2.24, 2.45) is 0 Å². The van der Waals surface area contributed by atoms with Crippen LogP contribution in [0.15, 0.2) is 11.0 Å². The van der Waals surface area contributed by atoms with Crippen molar-refractivity contribution in [1.82, 2.24) is 0 Å². The van der Waals surface area contributed by atoms with Crippen LogP contribution < -0.4 is 0 Å². The van der Waals surface area contributed by atoms with E-state index in [1.807, 2.05) is 11.8 Å². The maximum Gasteiger partial charge on any atom is 0.132 e. The lowest BCUT2D eigenvalue weighted by Crippen LogP contribution is -2.12. The second kappa shape index (κ2) is 5.00. The van der Waals surface area contributed by atoms with Crippen LogP contribution in [0.2, 0.25) is 0 Å². The summed E-state index contributed by atoms with van der Waals surface area (Å²) in [5.41, 5.74) is 2.47. The molecule has 1 heterocycles. The van der Waals surface area contributed by atoms with E-state index in [1.54, 1.807) is 0 Å². The number of hydrogen-bond acceptors (Lipinski definition) is 2. The molecule has 0 unspecified atom stereocenters. The number of unbranched alkanes of at least 4 members (excludes halogenated alkanes) is 1. The lowest BCUT2D eigenvalue weighted by molar-refractivity contribution is 0.461. The highest BCUT2D eigenvalue weighted by atomic mass is 127. The van der Waals surface area contributed by atoms with E-state index in [0.29, 0.717) is 5.75 Å². The van der Waals surface area contributed by atoms with E-state index in [0.717, 1.165) is 28.4 Å². The highest BCUT2D eigenvalue weighted by Crippen LogP contribution is 2.49. The molecule has 0 saturated heterocycles. The van der Waals surface area contributed by atoms with Crippen molar-refractivity contribution in [2.75, 3.05) is 0 Å². The Bertz CT molecular complexity index is 440. The fraction of sp³-hybridized carbons (Fsp3) is 0.571. The molecule has 1 N–H and O–H groups in total. The quantitative estimate of drug-likeness (QED) is 0.782. The Labute approximate surface area is 122 Å². The van der Waals surface area contributed by atoms with E-state index in [9.17, 15) is 5.11 Å². The van der Waals surface area contributed by atoms with Crippen LogP contribution >= 0.6 is 34.4 Å². The minimum atomic E-state index is 0.276. The molecule has 1 aromatic carbocycles. The van der Waals surface area contributed by atoms with Crippen molar-refractivity contribution >= 4 is 34.4 Å². The molecule has 0 atom stereocenters. The zero-order valence-corrected chi connectivity index (χ0v) is 13.6. The Balaban J connectivity index is 2.38. The van der Waals surface area contributed by atoms with Gasteiger partial charge in [-0.05, 0) is 59.0 Å². The molecule has 1 aliphatic rings. The first-order valence-electron chi connectivity index (χ1n) is 6.17. The van der Waals surface area contributed by atoms with Crippen LogP contribution in [0.4, 0.5) is 0 Å². The molecule has 0 bridgehead atoms. The molecule has 2 rings (SSSR count). The van der Waals surface area contributed by atoms with E-state index in [-0.39, 0.29) is 4.75 Å². The summed E-state index contributed by atoms with van der Waals surface area (Å²) in [5, 5.41) is 10.2. The molecule has 0 aromatic heterocycles. The van der Waals surface area contributed by atoms with Gasteiger partial charge in [-0.25, -0.2) is 0 Å². The Kier molecular flexibility index (Phi) is 3.98. The zero-order chi connectivity index (χ0) is 12.6. The minimum absolute atomic E-state index is 0.276. The van der Waals surface area contributed by atoms with Crippen LogP contribution in [0.3, 0.4) is 0 Å². The number of thioether (sulfide) groups is 1. The molecule has 94 valence electrons. The highest BCUT2D eigenvalue weighted by molar-refractivity contribution is 14.1. The molecule has 0 radical (unpaired) electrons. The van der Waals surface area contributed by atoms with Gasteiger partial charge in [-0.15, -0.1) is 11.8 Å². The van der Waals surface area contributed by atoms with E-state index < -0.39 is 0 Å². The van der Waals surface area contributed by atoms with Crippen molar-refractivity contribution in [2.45, 2.75) is 56.1 Å². The van der Waals surface area contributed by atoms with E-state index in [1.165, 1.54) is 16.9 Å². The number of rotatable bonds is 3. The van der Waals surface area contributed by atoms with Gasteiger partial charge in [-0.1, -0.05) is 27.2 Å². The number of fused-ring (bicyclic) bond motifs is 1. The molecule has 0 amide bonds. The summed E-state index contributed by atoms with van der Waals surface area (Å²) in [7, 11) is 0. The average molecular weight is 362 g/mol. The maximum absolute atomic E-state index is 10.2. The van der Waals surface area contributed by atoms with Gasteiger partial charge in [0.05, 0.1) is 3.57 Å². The van der Waals surface area contributed by atoms with Crippen molar-refractivity contribution in [3.63, 3.8) is 0 Å². The summed E-state index contributed by atoms with van der Waals surface area (Å²) >= 11 is 4.25. The van der Waals surface area contributed by atoms with Crippen molar-refractivity contribution in [3.8, 4) is 5.75 Å². The molecule has 0 saturated carbocycles. The molecule has 1 nitrogen and oxygen atoms in total. The normalized spacial score (nSPS) is 17.2. The first-order valence-corrected chi connectivity index (χ1v) is 8.06. The topological polar surface area (TPSA) is 20.2 Å². The second-order valence-corrected chi connectivity index (χ2v) is 8.14. The largest absolute Gasteiger partial charge is 0.507 e. The Morgan fingerprint density at radius 3 is 2.82 bits per heavy atom. The molecule has 0 spiro atoms. The van der Waals surface area contributed by atoms with Gasteiger partial charge in [0.25, 0.3) is 0 Å². The van der Waals surface area contributed by atoms with Crippen LogP contribution in [0.25, 0.3) is 0 Å². The van der Waals surface area contributed by atoms with Gasteiger partial charge in [0.15, 0.2) is 0 Å². The molecule has 1 aromatic rings. The number of halogens is 1. The molecular formula is C14H19IOS. The lowest BCUT2D eigenvalue weighted by Gasteiger charge is -2.13. The first-order chi connectivity index (χ1) is 7.94. The van der Waals surface area contributed by atoms with E-state index in [4.69, 9.17) is 0 Å². The molecule has 17 heavy (non-hydrogen) atoms. The standard InChI is InChI=1S/C14H19IOS/c1-4-5-6-9-7-11-10(12(15)13(9)16)8-14(2,3)17-11/h7,16H,4-6,8H2,1-3H3. The van der Waals surface area contributed by atoms with Gasteiger partial charge in [-0.3, -0.25) is 0 Å². The predicted molar refractivity (Wildman–Crippen MR) is 83.1 cm³/mol. The van der Waals surface area contributed by atoms with Gasteiger partial charge in [0.2, 0.25) is 0 Å². The van der Waals surface area contributed by atoms with Gasteiger partial charge < -0.3 is 5.11 Å². The number of phenols is 1. The van der Waals surface area contributed by atoms with E-state index in [2.05, 4.69) is 49.4 Å². The molecule has 0 fully saturated rings. The van der Waals surface area contributed by atoms with Gasteiger partial charge in [-0.2, -0.15) is 0 Å². The van der Waals surface area contributed by atoms with Gasteiger partial charge >= 0.3 is 0 Å². The zero-order valence-electron chi connectivity index (χ0n) is 10.6. The molecule has 1 aliphatic heterocycles.